The van der Waals surface area contributed by atoms with Crippen molar-refractivity contribution in [1.29, 1.82) is 0 Å². The Hall–Kier alpha value is -5.40. The number of benzene rings is 7. The lowest BCUT2D eigenvalue weighted by Gasteiger charge is -2.30. The van der Waals surface area contributed by atoms with Crippen molar-refractivity contribution in [2.24, 2.45) is 11.8 Å². The first-order valence-electron chi connectivity index (χ1n) is 21.9. The van der Waals surface area contributed by atoms with Crippen LogP contribution in [0.15, 0.2) is 152 Å². The predicted octanol–water partition coefficient (Wildman–Crippen LogP) is 15.9. The van der Waals surface area contributed by atoms with Crippen molar-refractivity contribution in [3.05, 3.63) is 174 Å². The predicted molar refractivity (Wildman–Crippen MR) is 241 cm³/mol. The monoisotopic (exact) mass is 739 g/mol. The van der Waals surface area contributed by atoms with Crippen molar-refractivity contribution < 1.29 is 0 Å². The van der Waals surface area contributed by atoms with E-state index < -0.39 is 0 Å². The number of anilines is 3. The van der Waals surface area contributed by atoms with Crippen LogP contribution in [0, 0.1) is 11.8 Å². The number of fused-ring (bicyclic) bond motifs is 6. The van der Waals surface area contributed by atoms with E-state index in [-0.39, 0.29) is 5.41 Å². The summed E-state index contributed by atoms with van der Waals surface area (Å²) in [6, 6.07) is 58.3. The van der Waals surface area contributed by atoms with Crippen molar-refractivity contribution in [2.45, 2.75) is 88.9 Å². The summed E-state index contributed by atoms with van der Waals surface area (Å²) in [5, 5.41) is 2.57. The standard InChI is InChI=1S/C56H53N/c1-56(2)53-22-11-10-20-50(53)55-52(49-21-12-16-39-15-6-7-19-48(39)49)35-45(36-54(55)56)57(44-31-27-41(28-32-44)51-34-37-23-24-42(51)33-37)43-29-25-40(26-30-43)47-18-9-8-17-46(47)38-13-4-3-5-14-38/h6-12,15-22,25-32,35-38,42,51H,3-5,13-14,23-24,33-34H2,1-2H3. The van der Waals surface area contributed by atoms with Gasteiger partial charge in [0.05, 0.1) is 0 Å². The first kappa shape index (κ1) is 34.8. The Balaban J connectivity index is 1.09. The molecule has 0 aliphatic heterocycles. The second-order valence-electron chi connectivity index (χ2n) is 18.3. The third kappa shape index (κ3) is 5.88. The maximum absolute atomic E-state index is 2.54. The van der Waals surface area contributed by atoms with E-state index in [1.807, 2.05) is 0 Å². The van der Waals surface area contributed by atoms with E-state index in [0.29, 0.717) is 11.8 Å². The summed E-state index contributed by atoms with van der Waals surface area (Å²) in [5.74, 6) is 3.17. The summed E-state index contributed by atoms with van der Waals surface area (Å²) >= 11 is 0. The van der Waals surface area contributed by atoms with Gasteiger partial charge in [-0.15, -0.1) is 0 Å². The van der Waals surface area contributed by atoms with Gasteiger partial charge in [0.1, 0.15) is 0 Å². The number of hydrogen-bond acceptors (Lipinski definition) is 1. The molecule has 1 nitrogen and oxygen atoms in total. The van der Waals surface area contributed by atoms with Crippen LogP contribution in [-0.2, 0) is 5.41 Å². The van der Waals surface area contributed by atoms with E-state index in [9.17, 15) is 0 Å². The van der Waals surface area contributed by atoms with Gasteiger partial charge in [-0.25, -0.2) is 0 Å². The molecule has 4 aliphatic carbocycles. The van der Waals surface area contributed by atoms with Gasteiger partial charge in [0.15, 0.2) is 0 Å². The minimum atomic E-state index is -0.148. The Kier molecular flexibility index (Phi) is 8.50. The molecule has 282 valence electrons. The molecule has 2 bridgehead atoms. The van der Waals surface area contributed by atoms with E-state index in [0.717, 1.165) is 11.8 Å². The largest absolute Gasteiger partial charge is 0.310 e. The van der Waals surface area contributed by atoms with Crippen molar-refractivity contribution in [3.8, 4) is 33.4 Å². The normalized spacial score (nSPS) is 20.8. The van der Waals surface area contributed by atoms with Gasteiger partial charge in [0, 0.05) is 22.5 Å². The van der Waals surface area contributed by atoms with Crippen LogP contribution < -0.4 is 4.90 Å². The number of nitrogens with zero attached hydrogens (tertiary/aromatic N) is 1. The van der Waals surface area contributed by atoms with Gasteiger partial charge in [0.2, 0.25) is 0 Å². The topological polar surface area (TPSA) is 3.24 Å². The van der Waals surface area contributed by atoms with Crippen molar-refractivity contribution >= 4 is 27.8 Å². The highest BCUT2D eigenvalue weighted by atomic mass is 15.1. The second-order valence-corrected chi connectivity index (χ2v) is 18.3. The van der Waals surface area contributed by atoms with Crippen LogP contribution >= 0.6 is 0 Å². The van der Waals surface area contributed by atoms with E-state index in [1.54, 1.807) is 0 Å². The van der Waals surface area contributed by atoms with Gasteiger partial charge in [0.25, 0.3) is 0 Å². The molecule has 0 spiro atoms. The van der Waals surface area contributed by atoms with Crippen LogP contribution in [0.4, 0.5) is 17.1 Å². The minimum absolute atomic E-state index is 0.148. The van der Waals surface area contributed by atoms with Gasteiger partial charge in [-0.2, -0.15) is 0 Å². The molecule has 3 fully saturated rings. The molecule has 0 N–H and O–H groups in total. The highest BCUT2D eigenvalue weighted by Crippen LogP contribution is 2.56. The molecule has 0 radical (unpaired) electrons. The summed E-state index contributed by atoms with van der Waals surface area (Å²) in [6.45, 7) is 4.84. The second kappa shape index (κ2) is 13.9. The zero-order valence-corrected chi connectivity index (χ0v) is 33.6. The average Bonchev–Trinajstić information content (AvgIpc) is 3.97. The van der Waals surface area contributed by atoms with Crippen molar-refractivity contribution in [2.75, 3.05) is 4.90 Å². The molecule has 7 aromatic rings. The van der Waals surface area contributed by atoms with Gasteiger partial charge >= 0.3 is 0 Å². The fraction of sp³-hybridized carbons (Fsp3) is 0.286. The maximum Gasteiger partial charge on any atom is 0.0471 e. The Labute approximate surface area is 339 Å². The summed E-state index contributed by atoms with van der Waals surface area (Å²) in [4.78, 5) is 2.54. The third-order valence-corrected chi connectivity index (χ3v) is 14.8. The molecular weight excluding hydrogens is 687 g/mol. The first-order valence-corrected chi connectivity index (χ1v) is 21.9. The highest BCUT2D eigenvalue weighted by Gasteiger charge is 2.41. The average molecular weight is 740 g/mol. The van der Waals surface area contributed by atoms with Gasteiger partial charge in [-0.3, -0.25) is 0 Å². The molecular formula is C56H53N. The molecule has 57 heavy (non-hydrogen) atoms. The zero-order chi connectivity index (χ0) is 38.1. The molecule has 3 unspecified atom stereocenters. The van der Waals surface area contributed by atoms with Crippen LogP contribution in [0.25, 0.3) is 44.2 Å². The Bertz CT molecular complexity index is 2600. The van der Waals surface area contributed by atoms with Crippen LogP contribution in [-0.4, -0.2) is 0 Å². The molecule has 0 aromatic heterocycles. The summed E-state index contributed by atoms with van der Waals surface area (Å²) in [7, 11) is 0. The van der Waals surface area contributed by atoms with Crippen LogP contribution in [0.2, 0.25) is 0 Å². The fourth-order valence-corrected chi connectivity index (χ4v) is 11.9. The number of hydrogen-bond donors (Lipinski definition) is 0. The lowest BCUT2D eigenvalue weighted by atomic mass is 9.81. The van der Waals surface area contributed by atoms with E-state index in [4.69, 9.17) is 0 Å². The van der Waals surface area contributed by atoms with E-state index >= 15 is 0 Å². The molecule has 4 aliphatic rings. The minimum Gasteiger partial charge on any atom is -0.310 e. The maximum atomic E-state index is 2.54. The summed E-state index contributed by atoms with van der Waals surface area (Å²) in [6.07, 6.45) is 12.3. The number of rotatable bonds is 7. The first-order chi connectivity index (χ1) is 28.0. The summed E-state index contributed by atoms with van der Waals surface area (Å²) in [5.41, 5.74) is 17.4. The Morgan fingerprint density at radius 1 is 0.509 bits per heavy atom. The van der Waals surface area contributed by atoms with Crippen molar-refractivity contribution in [3.63, 3.8) is 0 Å². The molecule has 11 rings (SSSR count). The smallest absolute Gasteiger partial charge is 0.0471 e. The summed E-state index contributed by atoms with van der Waals surface area (Å²) < 4.78 is 0. The van der Waals surface area contributed by atoms with E-state index in [1.165, 1.54) is 141 Å². The molecule has 7 aromatic carbocycles. The molecule has 0 heterocycles. The van der Waals surface area contributed by atoms with Crippen LogP contribution in [0.3, 0.4) is 0 Å². The molecule has 3 saturated carbocycles. The molecule has 0 saturated heterocycles. The third-order valence-electron chi connectivity index (χ3n) is 14.8. The van der Waals surface area contributed by atoms with Gasteiger partial charge in [-0.1, -0.05) is 155 Å². The van der Waals surface area contributed by atoms with Crippen LogP contribution in [0.1, 0.15) is 106 Å². The Morgan fingerprint density at radius 2 is 1.19 bits per heavy atom. The lowest BCUT2D eigenvalue weighted by molar-refractivity contribution is 0.420. The Morgan fingerprint density at radius 3 is 1.96 bits per heavy atom. The fourth-order valence-electron chi connectivity index (χ4n) is 11.9. The highest BCUT2D eigenvalue weighted by molar-refractivity contribution is 6.04. The van der Waals surface area contributed by atoms with Crippen LogP contribution in [0.5, 0.6) is 0 Å². The molecule has 3 atom stereocenters. The molecule has 1 heteroatoms. The van der Waals surface area contributed by atoms with Gasteiger partial charge in [-0.05, 0) is 159 Å². The SMILES string of the molecule is CC1(C)c2ccccc2-c2c(-c3cccc4ccccc34)cc(N(c3ccc(-c4ccccc4C4CCCCC4)cc3)c3ccc(C4CC5CCC4C5)cc3)cc21. The quantitative estimate of drug-likeness (QED) is 0.157. The lowest BCUT2D eigenvalue weighted by Crippen LogP contribution is -2.17. The van der Waals surface area contributed by atoms with Crippen molar-refractivity contribution in [1.82, 2.24) is 0 Å². The van der Waals surface area contributed by atoms with Gasteiger partial charge < -0.3 is 4.90 Å². The zero-order valence-electron chi connectivity index (χ0n) is 33.6. The van der Waals surface area contributed by atoms with E-state index in [2.05, 4.69) is 170 Å². The molecule has 0 amide bonds.